The monoisotopic (exact) mass is 811 g/mol. The van der Waals surface area contributed by atoms with E-state index in [1.165, 1.54) is 65.8 Å². The van der Waals surface area contributed by atoms with E-state index < -0.39 is 23.5 Å². The first-order chi connectivity index (χ1) is 29.0. The lowest BCUT2D eigenvalue weighted by molar-refractivity contribution is -0.136. The van der Waals surface area contributed by atoms with Crippen LogP contribution in [0.4, 0.5) is 10.1 Å². The summed E-state index contributed by atoms with van der Waals surface area (Å²) in [6.45, 7) is 6.62. The maximum atomic E-state index is 15.3. The fraction of sp³-hybridized carbons (Fsp3) is 0.408. The number of likely N-dealkylation sites (N-methyl/N-ethyl adjacent to an activating group) is 1. The summed E-state index contributed by atoms with van der Waals surface area (Å²) in [5, 5.41) is 2.24. The Kier molecular flexibility index (Phi) is 12.0. The van der Waals surface area contributed by atoms with Crippen molar-refractivity contribution in [2.45, 2.75) is 82.1 Å². The van der Waals surface area contributed by atoms with Gasteiger partial charge in [-0.25, -0.2) is 4.39 Å². The topological polar surface area (TPSA) is 110 Å². The molecule has 4 heterocycles. The zero-order valence-corrected chi connectivity index (χ0v) is 34.5. The molecule has 312 valence electrons. The largest absolute Gasteiger partial charge is 0.371 e. The summed E-state index contributed by atoms with van der Waals surface area (Å²) >= 11 is 0. The first-order valence-electron chi connectivity index (χ1n) is 21.3. The van der Waals surface area contributed by atoms with Crippen molar-refractivity contribution in [1.82, 2.24) is 20.0 Å². The highest BCUT2D eigenvalue weighted by Gasteiger charge is 2.39. The number of imide groups is 1. The second-order valence-electron chi connectivity index (χ2n) is 17.5. The van der Waals surface area contributed by atoms with E-state index in [1.54, 1.807) is 17.0 Å². The van der Waals surface area contributed by atoms with Crippen LogP contribution in [0.5, 0.6) is 0 Å². The van der Waals surface area contributed by atoms with Crippen molar-refractivity contribution in [3.63, 3.8) is 0 Å². The number of carbonyl (C=O) groups is 5. The molecule has 60 heavy (non-hydrogen) atoms. The third kappa shape index (κ3) is 8.64. The first kappa shape index (κ1) is 41.1. The molecule has 1 aliphatic carbocycles. The number of aryl methyl sites for hydroxylation is 1. The van der Waals surface area contributed by atoms with Crippen molar-refractivity contribution in [2.75, 3.05) is 44.7 Å². The van der Waals surface area contributed by atoms with Crippen LogP contribution < -0.4 is 10.2 Å². The van der Waals surface area contributed by atoms with E-state index in [0.29, 0.717) is 44.3 Å². The number of amides is 4. The number of aldehydes is 1. The number of hydrogen-bond acceptors (Lipinski definition) is 7. The van der Waals surface area contributed by atoms with Gasteiger partial charge in [-0.1, -0.05) is 73.7 Å². The molecule has 3 fully saturated rings. The number of nitrogens with zero attached hydrogens (tertiary/aromatic N) is 4. The van der Waals surface area contributed by atoms with Crippen LogP contribution in [0.3, 0.4) is 0 Å². The smallest absolute Gasteiger partial charge is 0.255 e. The van der Waals surface area contributed by atoms with E-state index in [2.05, 4.69) is 96.0 Å². The van der Waals surface area contributed by atoms with Crippen LogP contribution in [-0.4, -0.2) is 96.6 Å². The van der Waals surface area contributed by atoms with Crippen LogP contribution >= 0.6 is 0 Å². The molecule has 11 heteroatoms. The average Bonchev–Trinajstić information content (AvgIpc) is 3.65. The normalized spacial score (nSPS) is 22.4. The van der Waals surface area contributed by atoms with Gasteiger partial charge in [-0.05, 0) is 88.7 Å². The number of benzene rings is 4. The Balaban J connectivity index is 0.000000169. The number of likely N-dealkylation sites (tertiary alicyclic amines) is 1. The minimum Gasteiger partial charge on any atom is -0.371 e. The molecule has 9 rings (SSSR count). The Labute approximate surface area is 351 Å². The number of alkyl halides is 1. The van der Waals surface area contributed by atoms with Crippen molar-refractivity contribution in [1.29, 1.82) is 0 Å². The average molecular weight is 812 g/mol. The molecule has 10 nitrogen and oxygen atoms in total. The summed E-state index contributed by atoms with van der Waals surface area (Å²) in [6, 6.07) is 32.1. The predicted molar refractivity (Wildman–Crippen MR) is 229 cm³/mol. The highest BCUT2D eigenvalue weighted by Crippen LogP contribution is 2.46. The van der Waals surface area contributed by atoms with Crippen LogP contribution in [0.25, 0.3) is 0 Å². The van der Waals surface area contributed by atoms with Crippen LogP contribution in [0, 0.1) is 5.92 Å². The number of halogens is 1. The third-order valence-electron chi connectivity index (χ3n) is 13.3. The van der Waals surface area contributed by atoms with Gasteiger partial charge in [0.1, 0.15) is 11.7 Å². The molecule has 1 unspecified atom stereocenters. The molecule has 1 N–H and O–H groups in total. The predicted octanol–water partition coefficient (Wildman–Crippen LogP) is 6.66. The van der Waals surface area contributed by atoms with Gasteiger partial charge in [-0.15, -0.1) is 0 Å². The van der Waals surface area contributed by atoms with Gasteiger partial charge in [-0.3, -0.25) is 34.2 Å². The van der Waals surface area contributed by atoms with E-state index in [0.717, 1.165) is 23.5 Å². The molecule has 0 bridgehead atoms. The van der Waals surface area contributed by atoms with Crippen molar-refractivity contribution < 1.29 is 28.4 Å². The third-order valence-corrected chi connectivity index (χ3v) is 13.3. The molecule has 3 atom stereocenters. The number of hydrogen-bond donors (Lipinski definition) is 1. The maximum absolute atomic E-state index is 15.3. The van der Waals surface area contributed by atoms with Crippen molar-refractivity contribution in [2.24, 2.45) is 5.92 Å². The van der Waals surface area contributed by atoms with E-state index in [4.69, 9.17) is 0 Å². The van der Waals surface area contributed by atoms with Crippen molar-refractivity contribution in [3.8, 4) is 0 Å². The molecular weight excluding hydrogens is 758 g/mol. The number of rotatable bonds is 9. The van der Waals surface area contributed by atoms with Gasteiger partial charge in [0.2, 0.25) is 18.2 Å². The maximum Gasteiger partial charge on any atom is 0.255 e. The summed E-state index contributed by atoms with van der Waals surface area (Å²) in [4.78, 5) is 66.6. The van der Waals surface area contributed by atoms with Crippen LogP contribution in [0.1, 0.15) is 105 Å². The number of piperidine rings is 2. The minimum absolute atomic E-state index is 0.142. The zero-order valence-electron chi connectivity index (χ0n) is 34.5. The van der Waals surface area contributed by atoms with Gasteiger partial charge < -0.3 is 14.7 Å². The fourth-order valence-corrected chi connectivity index (χ4v) is 9.94. The van der Waals surface area contributed by atoms with Gasteiger partial charge in [-0.2, -0.15) is 0 Å². The Morgan fingerprint density at radius 3 is 2.20 bits per heavy atom. The molecule has 0 spiro atoms. The molecule has 3 saturated heterocycles. The van der Waals surface area contributed by atoms with E-state index >= 15 is 4.39 Å². The van der Waals surface area contributed by atoms with Gasteiger partial charge in [0, 0.05) is 89.3 Å². The SMILES string of the molecule is CC1CN(c2ccc([C@@H]3c4ccccc4CC[C@@H]3c3ccccc3)cc2)C1.CN(C(=O)c1cc2c(cc1C=O)CN(CC1(F)CCN(C=O)CC1)C2)C1CCC(=O)NC1=O. The van der Waals surface area contributed by atoms with E-state index in [9.17, 15) is 24.0 Å². The Bertz CT molecular complexity index is 2230. The minimum atomic E-state index is -1.39. The van der Waals surface area contributed by atoms with Crippen molar-refractivity contribution >= 4 is 36.1 Å². The Morgan fingerprint density at radius 1 is 0.850 bits per heavy atom. The van der Waals surface area contributed by atoms with E-state index in [-0.39, 0.29) is 49.3 Å². The lowest BCUT2D eigenvalue weighted by Gasteiger charge is -2.39. The lowest BCUT2D eigenvalue weighted by atomic mass is 9.69. The molecule has 5 aliphatic rings. The molecule has 4 amide bonds. The van der Waals surface area contributed by atoms with Crippen LogP contribution in [0.15, 0.2) is 91.0 Å². The van der Waals surface area contributed by atoms with Crippen molar-refractivity contribution in [3.05, 3.63) is 136 Å². The fourth-order valence-electron chi connectivity index (χ4n) is 9.94. The standard InChI is InChI=1S/C26H27N.C23H27FN4O5/c1-19-17-27(18-19)23-14-11-22(12-15-23)26-24-10-6-5-9-21(24)13-16-25(26)20-7-3-2-4-8-20;1-26(19-2-3-20(31)25-21(19)32)22(33)18-9-16-11-28(10-15(16)8-17(18)12-29)13-23(24)4-6-27(14-30)7-5-23/h2-12,14-15,19,25-26H,13,16-18H2,1H3;8-9,12,14,19H,2-7,10-11,13H2,1H3,(H,25,31,32)/t25-,26-;/m1./s1. The highest BCUT2D eigenvalue weighted by molar-refractivity contribution is 6.06. The molecule has 4 aromatic carbocycles. The molecule has 4 aliphatic heterocycles. The van der Waals surface area contributed by atoms with Crippen LogP contribution in [-0.2, 0) is 33.9 Å². The number of anilines is 1. The Hall–Kier alpha value is -5.68. The first-order valence-corrected chi connectivity index (χ1v) is 21.3. The van der Waals surface area contributed by atoms with E-state index in [1.807, 2.05) is 4.90 Å². The summed E-state index contributed by atoms with van der Waals surface area (Å²) in [5.41, 5.74) is 8.06. The zero-order chi connectivity index (χ0) is 42.0. The molecule has 0 saturated carbocycles. The van der Waals surface area contributed by atoms with Gasteiger partial charge >= 0.3 is 0 Å². The molecule has 0 aromatic heterocycles. The molecular formula is C49H54FN5O5. The summed E-state index contributed by atoms with van der Waals surface area (Å²) in [7, 11) is 1.48. The Morgan fingerprint density at radius 2 is 1.53 bits per heavy atom. The second kappa shape index (κ2) is 17.5. The van der Waals surface area contributed by atoms with Gasteiger partial charge in [0.25, 0.3) is 5.91 Å². The van der Waals surface area contributed by atoms with Crippen LogP contribution in [0.2, 0.25) is 0 Å². The quantitative estimate of drug-likeness (QED) is 0.149. The summed E-state index contributed by atoms with van der Waals surface area (Å²) in [6.07, 6.45) is 4.67. The number of carbonyl (C=O) groups excluding carboxylic acids is 5. The summed E-state index contributed by atoms with van der Waals surface area (Å²) in [5.74, 6) is 0.452. The molecule has 0 radical (unpaired) electrons. The highest BCUT2D eigenvalue weighted by atomic mass is 19.1. The lowest BCUT2D eigenvalue weighted by Crippen LogP contribution is -2.53. The molecule has 4 aromatic rings. The van der Waals surface area contributed by atoms with Gasteiger partial charge in [0.15, 0.2) is 6.29 Å². The van der Waals surface area contributed by atoms with Gasteiger partial charge in [0.05, 0.1) is 5.56 Å². The summed E-state index contributed by atoms with van der Waals surface area (Å²) < 4.78 is 15.3. The number of fused-ring (bicyclic) bond motifs is 2. The number of nitrogens with one attached hydrogen (secondary N) is 1. The second-order valence-corrected chi connectivity index (χ2v) is 17.5.